The smallest absolute Gasteiger partial charge is 0.237 e. The molecule has 0 radical (unpaired) electrons. The van der Waals surface area contributed by atoms with Gasteiger partial charge in [-0.05, 0) is 51.1 Å². The Kier molecular flexibility index (Phi) is 6.21. The van der Waals surface area contributed by atoms with E-state index in [1.54, 1.807) is 12.3 Å². The maximum Gasteiger partial charge on any atom is 0.237 e. The molecule has 2 aromatic carbocycles. The monoisotopic (exact) mass is 485 g/mol. The van der Waals surface area contributed by atoms with E-state index in [0.717, 1.165) is 34.5 Å². The number of fused-ring (bicyclic) bond motifs is 3. The molecule has 1 atom stereocenters. The molecule has 5 rings (SSSR count). The molecule has 7 nitrogen and oxygen atoms in total. The van der Waals surface area contributed by atoms with Crippen LogP contribution in [0.5, 0.6) is 0 Å². The first kappa shape index (κ1) is 23.0. The molecule has 0 bridgehead atoms. The largest absolute Gasteiger partial charge is 0.469 e. The number of nitrogens with zero attached hydrogens (tertiary/aromatic N) is 4. The zero-order chi connectivity index (χ0) is 24.5. The van der Waals surface area contributed by atoms with E-state index in [2.05, 4.69) is 63.9 Å². The van der Waals surface area contributed by atoms with Crippen LogP contribution in [0.15, 0.2) is 77.0 Å². The molecular weight excluding hydrogens is 458 g/mol. The zero-order valence-corrected chi connectivity index (χ0v) is 20.8. The fraction of sp³-hybridized carbons (Fsp3) is 0.222. The molecule has 0 saturated heterocycles. The van der Waals surface area contributed by atoms with E-state index in [-0.39, 0.29) is 11.2 Å². The van der Waals surface area contributed by atoms with E-state index in [1.165, 1.54) is 22.7 Å². The van der Waals surface area contributed by atoms with Gasteiger partial charge in [-0.2, -0.15) is 0 Å². The van der Waals surface area contributed by atoms with Crippen LogP contribution in [0.2, 0.25) is 0 Å². The maximum absolute atomic E-state index is 13.1. The first-order valence-corrected chi connectivity index (χ1v) is 12.5. The second-order valence-electron chi connectivity index (χ2n) is 8.34. The molecule has 0 aliphatic carbocycles. The number of carbonyl (C=O) groups excluding carboxylic acids is 1. The van der Waals surface area contributed by atoms with Crippen molar-refractivity contribution in [3.63, 3.8) is 0 Å². The summed E-state index contributed by atoms with van der Waals surface area (Å²) in [6, 6.07) is 16.3. The molecule has 1 N–H and O–H groups in total. The summed E-state index contributed by atoms with van der Waals surface area (Å²) in [5, 5.41) is 14.4. The van der Waals surface area contributed by atoms with Crippen LogP contribution in [0.1, 0.15) is 19.6 Å². The van der Waals surface area contributed by atoms with Crippen molar-refractivity contribution in [1.29, 1.82) is 0 Å². The minimum atomic E-state index is -0.381. The number of allylic oxidation sites excluding steroid dienone is 1. The zero-order valence-electron chi connectivity index (χ0n) is 20.0. The summed E-state index contributed by atoms with van der Waals surface area (Å²) in [5.41, 5.74) is 4.01. The number of para-hydroxylation sites is 1. The Morgan fingerprint density at radius 3 is 2.69 bits per heavy atom. The van der Waals surface area contributed by atoms with Crippen molar-refractivity contribution >= 4 is 45.2 Å². The van der Waals surface area contributed by atoms with Crippen molar-refractivity contribution < 1.29 is 9.21 Å². The average molecular weight is 486 g/mol. The third kappa shape index (κ3) is 4.14. The molecule has 3 aromatic heterocycles. The Hall–Kier alpha value is -3.78. The SMILES string of the molecule is C=CCn1c(SC(C)C(=O)Nc2ccc3c(c2)c2ccccc2n3CC)nnc1-c1ccoc1C. The van der Waals surface area contributed by atoms with Crippen molar-refractivity contribution in [2.45, 2.75) is 44.3 Å². The molecule has 8 heteroatoms. The molecular formula is C27H27N5O2S. The summed E-state index contributed by atoms with van der Waals surface area (Å²) in [6.07, 6.45) is 3.42. The minimum Gasteiger partial charge on any atom is -0.469 e. The van der Waals surface area contributed by atoms with E-state index in [1.807, 2.05) is 36.6 Å². The lowest BCUT2D eigenvalue weighted by atomic mass is 10.1. The van der Waals surface area contributed by atoms with Gasteiger partial charge in [-0.15, -0.1) is 16.8 Å². The number of nitrogens with one attached hydrogen (secondary N) is 1. The lowest BCUT2D eigenvalue weighted by Gasteiger charge is -2.13. The quantitative estimate of drug-likeness (QED) is 0.207. The van der Waals surface area contributed by atoms with E-state index in [9.17, 15) is 4.79 Å². The van der Waals surface area contributed by atoms with Crippen LogP contribution in [0, 0.1) is 6.92 Å². The summed E-state index contributed by atoms with van der Waals surface area (Å²) < 4.78 is 9.68. The van der Waals surface area contributed by atoms with Gasteiger partial charge in [-0.1, -0.05) is 36.0 Å². The Morgan fingerprint density at radius 2 is 1.94 bits per heavy atom. The number of rotatable bonds is 8. The highest BCUT2D eigenvalue weighted by Gasteiger charge is 2.22. The summed E-state index contributed by atoms with van der Waals surface area (Å²) >= 11 is 1.37. The fourth-order valence-electron chi connectivity index (χ4n) is 4.41. The molecule has 1 amide bonds. The van der Waals surface area contributed by atoms with Gasteiger partial charge >= 0.3 is 0 Å². The van der Waals surface area contributed by atoms with Crippen LogP contribution >= 0.6 is 11.8 Å². The van der Waals surface area contributed by atoms with E-state index >= 15 is 0 Å². The highest BCUT2D eigenvalue weighted by Crippen LogP contribution is 2.32. The average Bonchev–Trinajstić information content (AvgIpc) is 3.54. The van der Waals surface area contributed by atoms with E-state index in [0.29, 0.717) is 17.5 Å². The molecule has 5 aromatic rings. The van der Waals surface area contributed by atoms with Crippen molar-refractivity contribution in [2.24, 2.45) is 0 Å². The number of amides is 1. The molecule has 178 valence electrons. The summed E-state index contributed by atoms with van der Waals surface area (Å²) in [7, 11) is 0. The number of anilines is 1. The van der Waals surface area contributed by atoms with Crippen LogP contribution in [-0.4, -0.2) is 30.5 Å². The number of hydrogen-bond acceptors (Lipinski definition) is 5. The molecule has 1 unspecified atom stereocenters. The van der Waals surface area contributed by atoms with Gasteiger partial charge in [0, 0.05) is 40.6 Å². The highest BCUT2D eigenvalue weighted by atomic mass is 32.2. The third-order valence-corrected chi connectivity index (χ3v) is 7.22. The normalized spacial score (nSPS) is 12.3. The van der Waals surface area contributed by atoms with Crippen LogP contribution in [0.3, 0.4) is 0 Å². The van der Waals surface area contributed by atoms with Crippen molar-refractivity contribution in [2.75, 3.05) is 5.32 Å². The molecule has 0 spiro atoms. The van der Waals surface area contributed by atoms with Gasteiger partial charge in [0.25, 0.3) is 0 Å². The first-order valence-electron chi connectivity index (χ1n) is 11.6. The van der Waals surface area contributed by atoms with Crippen molar-refractivity contribution in [3.05, 3.63) is 73.2 Å². The number of benzene rings is 2. The molecule has 0 aliphatic rings. The van der Waals surface area contributed by atoms with Crippen molar-refractivity contribution in [1.82, 2.24) is 19.3 Å². The number of furan rings is 1. The fourth-order valence-corrected chi connectivity index (χ4v) is 5.27. The summed E-state index contributed by atoms with van der Waals surface area (Å²) in [5.74, 6) is 1.37. The topological polar surface area (TPSA) is 77.9 Å². The molecule has 0 aliphatic heterocycles. The van der Waals surface area contributed by atoms with E-state index < -0.39 is 0 Å². The minimum absolute atomic E-state index is 0.0947. The number of aromatic nitrogens is 4. The van der Waals surface area contributed by atoms with Gasteiger partial charge in [0.15, 0.2) is 11.0 Å². The Balaban J connectivity index is 1.38. The number of thioether (sulfide) groups is 1. The Morgan fingerprint density at radius 1 is 1.14 bits per heavy atom. The summed E-state index contributed by atoms with van der Waals surface area (Å²) in [6.45, 7) is 11.2. The van der Waals surface area contributed by atoms with Crippen LogP contribution in [0.25, 0.3) is 33.2 Å². The van der Waals surface area contributed by atoms with Gasteiger partial charge in [-0.3, -0.25) is 9.36 Å². The van der Waals surface area contributed by atoms with Crippen LogP contribution in [0.4, 0.5) is 5.69 Å². The number of carbonyl (C=O) groups is 1. The Labute approximate surface area is 207 Å². The second-order valence-corrected chi connectivity index (χ2v) is 9.65. The van der Waals surface area contributed by atoms with Crippen LogP contribution in [-0.2, 0) is 17.9 Å². The predicted molar refractivity (Wildman–Crippen MR) is 142 cm³/mol. The maximum atomic E-state index is 13.1. The van der Waals surface area contributed by atoms with Gasteiger partial charge in [0.05, 0.1) is 17.1 Å². The lowest BCUT2D eigenvalue weighted by molar-refractivity contribution is -0.115. The van der Waals surface area contributed by atoms with Gasteiger partial charge in [0.1, 0.15) is 5.76 Å². The van der Waals surface area contributed by atoms with Gasteiger partial charge in [-0.25, -0.2) is 0 Å². The number of aryl methyl sites for hydroxylation is 2. The van der Waals surface area contributed by atoms with Gasteiger partial charge in [0.2, 0.25) is 5.91 Å². The van der Waals surface area contributed by atoms with Crippen LogP contribution < -0.4 is 5.32 Å². The predicted octanol–water partition coefficient (Wildman–Crippen LogP) is 6.28. The summed E-state index contributed by atoms with van der Waals surface area (Å²) in [4.78, 5) is 13.1. The molecule has 0 saturated carbocycles. The molecule has 0 fully saturated rings. The highest BCUT2D eigenvalue weighted by molar-refractivity contribution is 8.00. The second kappa shape index (κ2) is 9.46. The third-order valence-electron chi connectivity index (χ3n) is 6.14. The Bertz CT molecular complexity index is 1540. The van der Waals surface area contributed by atoms with Crippen molar-refractivity contribution in [3.8, 4) is 11.4 Å². The van der Waals surface area contributed by atoms with Gasteiger partial charge < -0.3 is 14.3 Å². The number of hydrogen-bond donors (Lipinski definition) is 1. The lowest BCUT2D eigenvalue weighted by Crippen LogP contribution is -2.23. The molecule has 3 heterocycles. The first-order chi connectivity index (χ1) is 17.0. The molecule has 35 heavy (non-hydrogen) atoms. The standard InChI is InChI=1S/C27H27N5O2S/c1-5-14-32-25(20-13-15-34-17(20)3)29-30-27(32)35-18(4)26(33)28-19-11-12-24-22(16-19)21-9-7-8-10-23(21)31(24)6-2/h5,7-13,15-16,18H,1,6,14H2,2-4H3,(H,28,33). The van der Waals surface area contributed by atoms with E-state index in [4.69, 9.17) is 4.42 Å².